The highest BCUT2D eigenvalue weighted by atomic mass is 127. The molecular weight excluding hydrogens is 337 g/mol. The van der Waals surface area contributed by atoms with Gasteiger partial charge in [-0.2, -0.15) is 0 Å². The number of rotatable bonds is 0. The summed E-state index contributed by atoms with van der Waals surface area (Å²) in [6.07, 6.45) is 7.31. The third kappa shape index (κ3) is 3.45. The van der Waals surface area contributed by atoms with Crippen LogP contribution in [0.25, 0.3) is 0 Å². The van der Waals surface area contributed by atoms with Gasteiger partial charge in [0.25, 0.3) is 0 Å². The zero-order chi connectivity index (χ0) is 13.4. The van der Waals surface area contributed by atoms with Gasteiger partial charge in [-0.1, -0.05) is 55.0 Å². The molecule has 0 saturated heterocycles. The first-order chi connectivity index (χ1) is 8.29. The van der Waals surface area contributed by atoms with Gasteiger partial charge in [0.15, 0.2) is 0 Å². The SMILES string of the molecule is Cn1nnc2c1CCC(C)(I)CCCC(C)(C)C2. The lowest BCUT2D eigenvalue weighted by molar-refractivity contribution is 0.304. The standard InChI is InChI=1S/C14H24IN3/c1-13(2)7-5-8-14(3,15)9-6-12-11(10-13)16-17-18(12)4/h5-10H2,1-4H3. The summed E-state index contributed by atoms with van der Waals surface area (Å²) in [7, 11) is 2.02. The van der Waals surface area contributed by atoms with Crippen LogP contribution < -0.4 is 0 Å². The molecule has 2 rings (SSSR count). The highest BCUT2D eigenvalue weighted by Crippen LogP contribution is 2.36. The molecule has 0 aromatic carbocycles. The first kappa shape index (κ1) is 14.3. The zero-order valence-corrected chi connectivity index (χ0v) is 14.1. The third-order valence-corrected chi connectivity index (χ3v) is 5.18. The number of aryl methyl sites for hydroxylation is 1. The van der Waals surface area contributed by atoms with Crippen LogP contribution in [-0.2, 0) is 19.9 Å². The smallest absolute Gasteiger partial charge is 0.0864 e. The van der Waals surface area contributed by atoms with E-state index in [1.54, 1.807) is 0 Å². The highest BCUT2D eigenvalue weighted by Gasteiger charge is 2.28. The monoisotopic (exact) mass is 361 g/mol. The average molecular weight is 361 g/mol. The summed E-state index contributed by atoms with van der Waals surface area (Å²) in [5, 5.41) is 8.60. The minimum absolute atomic E-state index is 0.342. The van der Waals surface area contributed by atoms with Crippen LogP contribution in [0.2, 0.25) is 0 Å². The third-order valence-electron chi connectivity index (χ3n) is 4.10. The van der Waals surface area contributed by atoms with E-state index < -0.39 is 0 Å². The summed E-state index contributed by atoms with van der Waals surface area (Å²) in [6.45, 7) is 7.10. The number of fused-ring (bicyclic) bond motifs is 1. The van der Waals surface area contributed by atoms with Gasteiger partial charge in [0, 0.05) is 10.5 Å². The van der Waals surface area contributed by atoms with Gasteiger partial charge in [0.2, 0.25) is 0 Å². The van der Waals surface area contributed by atoms with E-state index in [9.17, 15) is 0 Å². The molecule has 0 bridgehead atoms. The van der Waals surface area contributed by atoms with Crippen molar-refractivity contribution in [3.63, 3.8) is 0 Å². The van der Waals surface area contributed by atoms with Crippen molar-refractivity contribution in [3.05, 3.63) is 11.4 Å². The molecule has 1 aromatic heterocycles. The summed E-state index contributed by atoms with van der Waals surface area (Å²) in [6, 6.07) is 0. The summed E-state index contributed by atoms with van der Waals surface area (Å²) in [5.41, 5.74) is 2.90. The van der Waals surface area contributed by atoms with Crippen LogP contribution in [0.1, 0.15) is 57.8 Å². The number of halogens is 1. The van der Waals surface area contributed by atoms with Crippen molar-refractivity contribution >= 4 is 22.6 Å². The van der Waals surface area contributed by atoms with Crippen molar-refractivity contribution in [2.24, 2.45) is 12.5 Å². The Labute approximate surface area is 124 Å². The van der Waals surface area contributed by atoms with E-state index in [2.05, 4.69) is 53.7 Å². The summed E-state index contributed by atoms with van der Waals surface area (Å²) >= 11 is 2.63. The quantitative estimate of drug-likeness (QED) is 0.521. The molecule has 0 fully saturated rings. The molecule has 1 aliphatic rings. The molecule has 18 heavy (non-hydrogen) atoms. The fourth-order valence-corrected chi connectivity index (χ4v) is 3.50. The fourth-order valence-electron chi connectivity index (χ4n) is 2.84. The number of nitrogens with zero attached hydrogens (tertiary/aromatic N) is 3. The maximum absolute atomic E-state index is 4.38. The summed E-state index contributed by atoms with van der Waals surface area (Å²) < 4.78 is 2.38. The molecule has 1 unspecified atom stereocenters. The molecule has 1 atom stereocenters. The maximum atomic E-state index is 4.38. The van der Waals surface area contributed by atoms with Gasteiger partial charge in [-0.05, 0) is 37.5 Å². The van der Waals surface area contributed by atoms with Crippen LogP contribution in [0.4, 0.5) is 0 Å². The molecule has 1 aliphatic carbocycles. The van der Waals surface area contributed by atoms with Crippen molar-refractivity contribution in [1.82, 2.24) is 15.0 Å². The van der Waals surface area contributed by atoms with Gasteiger partial charge in [0.05, 0.1) is 11.4 Å². The molecule has 0 amide bonds. The Morgan fingerprint density at radius 1 is 1.17 bits per heavy atom. The number of aromatic nitrogens is 3. The van der Waals surface area contributed by atoms with Gasteiger partial charge in [-0.25, -0.2) is 0 Å². The number of alkyl halides is 1. The molecule has 1 aromatic rings. The van der Waals surface area contributed by atoms with E-state index in [1.165, 1.54) is 37.1 Å². The second kappa shape index (κ2) is 5.10. The minimum atomic E-state index is 0.342. The van der Waals surface area contributed by atoms with E-state index >= 15 is 0 Å². The first-order valence-electron chi connectivity index (χ1n) is 6.85. The van der Waals surface area contributed by atoms with Gasteiger partial charge in [-0.15, -0.1) is 5.10 Å². The average Bonchev–Trinajstić information content (AvgIpc) is 2.55. The molecule has 0 radical (unpaired) electrons. The molecular formula is C14H24IN3. The molecule has 102 valence electrons. The van der Waals surface area contributed by atoms with Gasteiger partial charge in [-0.3, -0.25) is 4.68 Å². The van der Waals surface area contributed by atoms with Crippen LogP contribution in [-0.4, -0.2) is 18.4 Å². The van der Waals surface area contributed by atoms with Crippen LogP contribution in [0.15, 0.2) is 0 Å². The van der Waals surface area contributed by atoms with Crippen LogP contribution in [0, 0.1) is 5.41 Å². The lowest BCUT2D eigenvalue weighted by atomic mass is 9.79. The lowest BCUT2D eigenvalue weighted by Crippen LogP contribution is -2.23. The van der Waals surface area contributed by atoms with E-state index in [0.717, 1.165) is 12.8 Å². The molecule has 1 heterocycles. The van der Waals surface area contributed by atoms with E-state index in [1.807, 2.05) is 11.7 Å². The zero-order valence-electron chi connectivity index (χ0n) is 12.0. The highest BCUT2D eigenvalue weighted by molar-refractivity contribution is 14.1. The molecule has 0 spiro atoms. The maximum Gasteiger partial charge on any atom is 0.0864 e. The van der Waals surface area contributed by atoms with Crippen molar-refractivity contribution in [2.75, 3.05) is 0 Å². The molecule has 0 N–H and O–H groups in total. The van der Waals surface area contributed by atoms with Crippen molar-refractivity contribution in [1.29, 1.82) is 0 Å². The Morgan fingerprint density at radius 2 is 1.89 bits per heavy atom. The molecule has 4 heteroatoms. The summed E-state index contributed by atoms with van der Waals surface area (Å²) in [5.74, 6) is 0. The van der Waals surface area contributed by atoms with E-state index in [4.69, 9.17) is 0 Å². The Balaban J connectivity index is 2.29. The number of hydrogen-bond acceptors (Lipinski definition) is 2. The second-order valence-electron chi connectivity index (χ2n) is 6.71. The topological polar surface area (TPSA) is 30.7 Å². The Bertz CT molecular complexity index is 421. The Kier molecular flexibility index (Phi) is 4.04. The fraction of sp³-hybridized carbons (Fsp3) is 0.857. The Morgan fingerprint density at radius 3 is 2.61 bits per heavy atom. The molecule has 0 aliphatic heterocycles. The van der Waals surface area contributed by atoms with E-state index in [0.29, 0.717) is 8.84 Å². The van der Waals surface area contributed by atoms with Gasteiger partial charge < -0.3 is 0 Å². The molecule has 0 saturated carbocycles. The summed E-state index contributed by atoms with van der Waals surface area (Å²) in [4.78, 5) is 0. The predicted molar refractivity (Wildman–Crippen MR) is 83.1 cm³/mol. The first-order valence-corrected chi connectivity index (χ1v) is 7.93. The number of hydrogen-bond donors (Lipinski definition) is 0. The van der Waals surface area contributed by atoms with Crippen molar-refractivity contribution < 1.29 is 0 Å². The second-order valence-corrected chi connectivity index (χ2v) is 9.32. The lowest BCUT2D eigenvalue weighted by Gasteiger charge is -2.29. The minimum Gasteiger partial charge on any atom is -0.252 e. The van der Waals surface area contributed by atoms with Gasteiger partial charge >= 0.3 is 0 Å². The largest absolute Gasteiger partial charge is 0.252 e. The van der Waals surface area contributed by atoms with Crippen LogP contribution in [0.3, 0.4) is 0 Å². The molecule has 3 nitrogen and oxygen atoms in total. The predicted octanol–water partition coefficient (Wildman–Crippen LogP) is 3.69. The van der Waals surface area contributed by atoms with Crippen molar-refractivity contribution in [3.8, 4) is 0 Å². The van der Waals surface area contributed by atoms with Crippen LogP contribution >= 0.6 is 22.6 Å². The van der Waals surface area contributed by atoms with Crippen molar-refractivity contribution in [2.45, 2.75) is 62.7 Å². The van der Waals surface area contributed by atoms with E-state index in [-0.39, 0.29) is 0 Å². The van der Waals surface area contributed by atoms with Gasteiger partial charge in [0.1, 0.15) is 0 Å². The van der Waals surface area contributed by atoms with Crippen LogP contribution in [0.5, 0.6) is 0 Å². The Hall–Kier alpha value is -0.130. The normalized spacial score (nSPS) is 28.7.